The Balaban J connectivity index is 3.10. The van der Waals surface area contributed by atoms with E-state index in [1.54, 1.807) is 29.6 Å². The molecule has 0 aromatic heterocycles. The van der Waals surface area contributed by atoms with Gasteiger partial charge in [-0.2, -0.15) is 13.2 Å². The maximum absolute atomic E-state index is 12.3. The summed E-state index contributed by atoms with van der Waals surface area (Å²) in [4.78, 5) is 22.0. The second-order valence-electron chi connectivity index (χ2n) is 5.01. The molecule has 122 valence electrons. The highest BCUT2D eigenvalue weighted by atomic mass is 19.4. The molecule has 0 spiro atoms. The SMILES string of the molecule is COc1ccccc1C(C)(CNC(=O)C(F)(F)F)CC(=O)O. The first-order valence-electron chi connectivity index (χ1n) is 6.30. The maximum atomic E-state index is 12.3. The summed E-state index contributed by atoms with van der Waals surface area (Å²) in [5.74, 6) is -2.97. The van der Waals surface area contributed by atoms with Crippen molar-refractivity contribution in [3.63, 3.8) is 0 Å². The summed E-state index contributed by atoms with van der Waals surface area (Å²) in [6.07, 6.45) is -5.49. The number of amides is 1. The predicted molar refractivity (Wildman–Crippen MR) is 71.7 cm³/mol. The van der Waals surface area contributed by atoms with Crippen LogP contribution in [0, 0.1) is 0 Å². The number of aliphatic carboxylic acids is 1. The Morgan fingerprint density at radius 2 is 1.86 bits per heavy atom. The van der Waals surface area contributed by atoms with Gasteiger partial charge in [-0.25, -0.2) is 0 Å². The first-order chi connectivity index (χ1) is 10.1. The number of carbonyl (C=O) groups is 2. The van der Waals surface area contributed by atoms with Gasteiger partial charge in [-0.05, 0) is 6.07 Å². The number of methoxy groups -OCH3 is 1. The molecule has 1 atom stereocenters. The first kappa shape index (κ1) is 17.8. The molecule has 1 amide bonds. The fourth-order valence-electron chi connectivity index (χ4n) is 2.11. The quantitative estimate of drug-likeness (QED) is 0.842. The second-order valence-corrected chi connectivity index (χ2v) is 5.01. The highest BCUT2D eigenvalue weighted by molar-refractivity contribution is 5.82. The van der Waals surface area contributed by atoms with E-state index in [-0.39, 0.29) is 0 Å². The van der Waals surface area contributed by atoms with Gasteiger partial charge in [0, 0.05) is 17.5 Å². The van der Waals surface area contributed by atoms with Gasteiger partial charge in [-0.15, -0.1) is 0 Å². The largest absolute Gasteiger partial charge is 0.496 e. The normalized spacial score (nSPS) is 14.0. The lowest BCUT2D eigenvalue weighted by Crippen LogP contribution is -2.45. The van der Waals surface area contributed by atoms with Crippen molar-refractivity contribution in [3.05, 3.63) is 29.8 Å². The third kappa shape index (κ3) is 4.37. The van der Waals surface area contributed by atoms with Crippen LogP contribution >= 0.6 is 0 Å². The number of halogens is 3. The van der Waals surface area contributed by atoms with Crippen LogP contribution in [-0.2, 0) is 15.0 Å². The number of hydrogen-bond donors (Lipinski definition) is 2. The molecular weight excluding hydrogens is 303 g/mol. The minimum absolute atomic E-state index is 0.340. The van der Waals surface area contributed by atoms with E-state index < -0.39 is 36.4 Å². The standard InChI is InChI=1S/C14H16F3NO4/c1-13(7-11(19)20,8-18-12(21)14(15,16)17)9-5-3-4-6-10(9)22-2/h3-6H,7-8H2,1-2H3,(H,18,21)(H,19,20). The number of nitrogens with one attached hydrogen (secondary N) is 1. The zero-order chi connectivity index (χ0) is 17.0. The van der Waals surface area contributed by atoms with Crippen LogP contribution in [0.25, 0.3) is 0 Å². The van der Waals surface area contributed by atoms with E-state index in [2.05, 4.69) is 0 Å². The minimum Gasteiger partial charge on any atom is -0.496 e. The van der Waals surface area contributed by atoms with Gasteiger partial charge in [0.15, 0.2) is 0 Å². The Kier molecular flexibility index (Phi) is 5.40. The number of carboxylic acids is 1. The van der Waals surface area contributed by atoms with Crippen LogP contribution in [-0.4, -0.2) is 36.8 Å². The van der Waals surface area contributed by atoms with Crippen molar-refractivity contribution in [1.82, 2.24) is 5.32 Å². The summed E-state index contributed by atoms with van der Waals surface area (Å²) in [6, 6.07) is 6.39. The molecule has 0 saturated carbocycles. The zero-order valence-electron chi connectivity index (χ0n) is 12.0. The molecule has 22 heavy (non-hydrogen) atoms. The van der Waals surface area contributed by atoms with Crippen LogP contribution < -0.4 is 10.1 Å². The zero-order valence-corrected chi connectivity index (χ0v) is 12.0. The smallest absolute Gasteiger partial charge is 0.471 e. The first-order valence-corrected chi connectivity index (χ1v) is 6.30. The van der Waals surface area contributed by atoms with E-state index in [1.165, 1.54) is 14.0 Å². The highest BCUT2D eigenvalue weighted by Crippen LogP contribution is 2.34. The van der Waals surface area contributed by atoms with Crippen LogP contribution in [0.2, 0.25) is 0 Å². The molecule has 0 radical (unpaired) electrons. The lowest BCUT2D eigenvalue weighted by molar-refractivity contribution is -0.173. The predicted octanol–water partition coefficient (Wildman–Crippen LogP) is 2.11. The number of benzene rings is 1. The van der Waals surface area contributed by atoms with Crippen molar-refractivity contribution >= 4 is 11.9 Å². The third-order valence-electron chi connectivity index (χ3n) is 3.20. The van der Waals surface area contributed by atoms with E-state index in [1.807, 2.05) is 0 Å². The molecule has 8 heteroatoms. The molecule has 1 rings (SSSR count). The average Bonchev–Trinajstić information content (AvgIpc) is 2.43. The number of ether oxygens (including phenoxy) is 1. The van der Waals surface area contributed by atoms with Crippen molar-refractivity contribution in [3.8, 4) is 5.75 Å². The number of para-hydroxylation sites is 1. The summed E-state index contributed by atoms with van der Waals surface area (Å²) < 4.78 is 42.0. The molecule has 2 N–H and O–H groups in total. The second kappa shape index (κ2) is 6.67. The lowest BCUT2D eigenvalue weighted by atomic mass is 9.78. The summed E-state index contributed by atoms with van der Waals surface area (Å²) in [7, 11) is 1.37. The topological polar surface area (TPSA) is 75.6 Å². The summed E-state index contributed by atoms with van der Waals surface area (Å²) in [6.45, 7) is 0.966. The average molecular weight is 319 g/mol. The molecule has 0 aliphatic carbocycles. The van der Waals surface area contributed by atoms with Crippen LogP contribution in [0.5, 0.6) is 5.75 Å². The fraction of sp³-hybridized carbons (Fsp3) is 0.429. The Bertz CT molecular complexity index is 559. The van der Waals surface area contributed by atoms with Crippen LogP contribution in [0.4, 0.5) is 13.2 Å². The van der Waals surface area contributed by atoms with E-state index in [0.29, 0.717) is 11.3 Å². The van der Waals surface area contributed by atoms with Gasteiger partial charge >= 0.3 is 18.1 Å². The number of alkyl halides is 3. The molecule has 0 saturated heterocycles. The van der Waals surface area contributed by atoms with E-state index in [9.17, 15) is 22.8 Å². The Hall–Kier alpha value is -2.25. The van der Waals surface area contributed by atoms with Gasteiger partial charge in [0.25, 0.3) is 0 Å². The molecule has 5 nitrogen and oxygen atoms in total. The maximum Gasteiger partial charge on any atom is 0.471 e. The Labute approximate surface area is 125 Å². The van der Waals surface area contributed by atoms with Crippen LogP contribution in [0.3, 0.4) is 0 Å². The summed E-state index contributed by atoms with van der Waals surface area (Å²) in [5, 5.41) is 10.8. The van der Waals surface area contributed by atoms with Crippen molar-refractivity contribution in [2.45, 2.75) is 24.9 Å². The van der Waals surface area contributed by atoms with E-state index in [4.69, 9.17) is 9.84 Å². The number of rotatable bonds is 6. The number of carboxylic acid groups (broad SMARTS) is 1. The molecule has 1 aromatic carbocycles. The molecule has 0 fully saturated rings. The van der Waals surface area contributed by atoms with Gasteiger partial charge in [-0.3, -0.25) is 9.59 Å². The molecule has 0 heterocycles. The number of carbonyl (C=O) groups excluding carboxylic acids is 1. The van der Waals surface area contributed by atoms with Crippen molar-refractivity contribution in [2.24, 2.45) is 0 Å². The fourth-order valence-corrected chi connectivity index (χ4v) is 2.11. The van der Waals surface area contributed by atoms with Gasteiger partial charge < -0.3 is 15.2 Å². The van der Waals surface area contributed by atoms with Gasteiger partial charge in [0.2, 0.25) is 0 Å². The Morgan fingerprint density at radius 3 is 2.36 bits per heavy atom. The van der Waals surface area contributed by atoms with Crippen molar-refractivity contribution in [1.29, 1.82) is 0 Å². The summed E-state index contributed by atoms with van der Waals surface area (Å²) in [5.41, 5.74) is -0.846. The molecule has 0 aliphatic heterocycles. The lowest BCUT2D eigenvalue weighted by Gasteiger charge is -2.30. The minimum atomic E-state index is -5.02. The number of hydrogen-bond acceptors (Lipinski definition) is 3. The monoisotopic (exact) mass is 319 g/mol. The van der Waals surface area contributed by atoms with Crippen molar-refractivity contribution in [2.75, 3.05) is 13.7 Å². The van der Waals surface area contributed by atoms with Gasteiger partial charge in [-0.1, -0.05) is 25.1 Å². The van der Waals surface area contributed by atoms with E-state index >= 15 is 0 Å². The molecule has 1 unspecified atom stereocenters. The third-order valence-corrected chi connectivity index (χ3v) is 3.20. The molecule has 0 bridgehead atoms. The Morgan fingerprint density at radius 1 is 1.27 bits per heavy atom. The van der Waals surface area contributed by atoms with Gasteiger partial charge in [0.05, 0.1) is 13.5 Å². The van der Waals surface area contributed by atoms with E-state index in [0.717, 1.165) is 0 Å². The molecular formula is C14H16F3NO4. The van der Waals surface area contributed by atoms with Crippen molar-refractivity contribution < 1.29 is 32.6 Å². The van der Waals surface area contributed by atoms with Gasteiger partial charge in [0.1, 0.15) is 5.75 Å². The summed E-state index contributed by atoms with van der Waals surface area (Å²) >= 11 is 0. The van der Waals surface area contributed by atoms with Crippen LogP contribution in [0.1, 0.15) is 18.9 Å². The highest BCUT2D eigenvalue weighted by Gasteiger charge is 2.41. The molecule has 1 aromatic rings. The molecule has 0 aliphatic rings. The van der Waals surface area contributed by atoms with Crippen LogP contribution in [0.15, 0.2) is 24.3 Å².